The maximum absolute atomic E-state index is 10.6. The van der Waals surface area contributed by atoms with Crippen LogP contribution in [0.3, 0.4) is 0 Å². The predicted molar refractivity (Wildman–Crippen MR) is 39.0 cm³/mol. The molecule has 0 aromatic rings. The van der Waals surface area contributed by atoms with Crippen molar-refractivity contribution < 1.29 is 29.0 Å². The van der Waals surface area contributed by atoms with Gasteiger partial charge in [-0.05, 0) is 0 Å². The van der Waals surface area contributed by atoms with Gasteiger partial charge in [0, 0.05) is 6.08 Å². The van der Waals surface area contributed by atoms with Crippen LogP contribution in [0.15, 0.2) is 6.08 Å². The van der Waals surface area contributed by atoms with Crippen LogP contribution in [0.4, 0.5) is 0 Å². The van der Waals surface area contributed by atoms with E-state index < -0.39 is 25.3 Å². The fourth-order valence-electron chi connectivity index (χ4n) is 0.390. The van der Waals surface area contributed by atoms with E-state index in [0.717, 1.165) is 6.08 Å². The molecule has 6 heteroatoms. The lowest BCUT2D eigenvalue weighted by Crippen LogP contribution is -2.14. The van der Waals surface area contributed by atoms with Gasteiger partial charge in [-0.25, -0.2) is 9.59 Å². The topological polar surface area (TPSA) is 89.9 Å². The Labute approximate surface area is 73.7 Å². The molecule has 72 valence electrons. The van der Waals surface area contributed by atoms with Gasteiger partial charge >= 0.3 is 11.9 Å². The zero-order chi connectivity index (χ0) is 10.1. The first-order valence-electron chi connectivity index (χ1n) is 3.32. The lowest BCUT2D eigenvalue weighted by Gasteiger charge is -2.02. The molecule has 0 amide bonds. The molecule has 0 atom stereocenters. The molecule has 0 bridgehead atoms. The third-order valence-electron chi connectivity index (χ3n) is 0.921. The lowest BCUT2D eigenvalue weighted by atomic mass is 10.4. The van der Waals surface area contributed by atoms with Crippen molar-refractivity contribution in [1.29, 1.82) is 0 Å². The standard InChI is InChI=1S/C7H8O6/c8-3-1-2-6(10)12-5-13-7(11)4-9/h1,9H,2,4-5H2. The van der Waals surface area contributed by atoms with Gasteiger partial charge < -0.3 is 14.6 Å². The number of ether oxygens (including phenoxy) is 2. The summed E-state index contributed by atoms with van der Waals surface area (Å²) in [5, 5.41) is 8.17. The van der Waals surface area contributed by atoms with Gasteiger partial charge in [-0.3, -0.25) is 4.79 Å². The fourth-order valence-corrected chi connectivity index (χ4v) is 0.390. The Morgan fingerprint density at radius 1 is 1.31 bits per heavy atom. The quantitative estimate of drug-likeness (QED) is 0.331. The van der Waals surface area contributed by atoms with Crippen molar-refractivity contribution in [2.45, 2.75) is 6.42 Å². The maximum Gasteiger partial charge on any atom is 0.334 e. The number of hydrogen-bond donors (Lipinski definition) is 1. The van der Waals surface area contributed by atoms with Crippen molar-refractivity contribution in [2.24, 2.45) is 0 Å². The molecule has 0 fully saturated rings. The average Bonchev–Trinajstić information content (AvgIpc) is 2.14. The second-order valence-electron chi connectivity index (χ2n) is 1.83. The van der Waals surface area contributed by atoms with E-state index in [0.29, 0.717) is 0 Å². The van der Waals surface area contributed by atoms with E-state index in [1.54, 1.807) is 0 Å². The highest BCUT2D eigenvalue weighted by Crippen LogP contribution is 1.87. The molecule has 0 saturated heterocycles. The molecule has 13 heavy (non-hydrogen) atoms. The Morgan fingerprint density at radius 3 is 2.46 bits per heavy atom. The summed E-state index contributed by atoms with van der Waals surface area (Å²) in [5.74, 6) is -0.218. The van der Waals surface area contributed by atoms with Gasteiger partial charge in [-0.1, -0.05) is 0 Å². The van der Waals surface area contributed by atoms with Crippen LogP contribution in [0.5, 0.6) is 0 Å². The molecule has 0 aliphatic rings. The Balaban J connectivity index is 3.47. The second kappa shape index (κ2) is 7.02. The largest absolute Gasteiger partial charge is 0.428 e. The van der Waals surface area contributed by atoms with E-state index in [9.17, 15) is 14.4 Å². The zero-order valence-electron chi connectivity index (χ0n) is 6.69. The summed E-state index contributed by atoms with van der Waals surface area (Å²) in [5.41, 5.74) is 0. The molecule has 0 heterocycles. The molecule has 0 aliphatic carbocycles. The highest BCUT2D eigenvalue weighted by Gasteiger charge is 2.02. The van der Waals surface area contributed by atoms with E-state index in [-0.39, 0.29) is 6.42 Å². The summed E-state index contributed by atoms with van der Waals surface area (Å²) in [6.45, 7) is -1.34. The molecular weight excluding hydrogens is 180 g/mol. The van der Waals surface area contributed by atoms with Crippen LogP contribution in [-0.4, -0.2) is 36.4 Å². The number of aliphatic hydroxyl groups excluding tert-OH is 1. The summed E-state index contributed by atoms with van der Waals surface area (Å²) in [6, 6.07) is 0. The number of hydrogen-bond acceptors (Lipinski definition) is 6. The molecule has 0 aliphatic heterocycles. The maximum atomic E-state index is 10.6. The average molecular weight is 188 g/mol. The van der Waals surface area contributed by atoms with Crippen LogP contribution in [0, 0.1) is 0 Å². The third-order valence-corrected chi connectivity index (χ3v) is 0.921. The predicted octanol–water partition coefficient (Wildman–Crippen LogP) is -1.20. The van der Waals surface area contributed by atoms with Crippen molar-refractivity contribution in [1.82, 2.24) is 0 Å². The van der Waals surface area contributed by atoms with Crippen LogP contribution in [-0.2, 0) is 23.9 Å². The van der Waals surface area contributed by atoms with Crippen LogP contribution < -0.4 is 0 Å². The highest BCUT2D eigenvalue weighted by molar-refractivity contribution is 5.74. The number of aliphatic hydroxyl groups is 1. The first-order valence-corrected chi connectivity index (χ1v) is 3.32. The minimum absolute atomic E-state index is 0.222. The lowest BCUT2D eigenvalue weighted by molar-refractivity contribution is -0.168. The number of carbonyl (C=O) groups excluding carboxylic acids is 3. The molecule has 0 radical (unpaired) electrons. The summed E-state index contributed by atoms with van der Waals surface area (Å²) >= 11 is 0. The Hall–Kier alpha value is -1.65. The monoisotopic (exact) mass is 188 g/mol. The first-order chi connectivity index (χ1) is 6.20. The zero-order valence-corrected chi connectivity index (χ0v) is 6.69. The summed E-state index contributed by atoms with van der Waals surface area (Å²) in [6.07, 6.45) is 0.719. The summed E-state index contributed by atoms with van der Waals surface area (Å²) in [4.78, 5) is 30.5. The minimum atomic E-state index is -0.890. The number of rotatable bonds is 5. The molecule has 0 aromatic carbocycles. The smallest absolute Gasteiger partial charge is 0.334 e. The van der Waals surface area contributed by atoms with Gasteiger partial charge in [-0.2, -0.15) is 0 Å². The summed E-state index contributed by atoms with van der Waals surface area (Å²) in [7, 11) is 0. The Morgan fingerprint density at radius 2 is 1.92 bits per heavy atom. The van der Waals surface area contributed by atoms with Gasteiger partial charge in [0.2, 0.25) is 6.79 Å². The SMILES string of the molecule is O=C=CCC(=O)OCOC(=O)CO. The van der Waals surface area contributed by atoms with Crippen LogP contribution >= 0.6 is 0 Å². The van der Waals surface area contributed by atoms with Crippen LogP contribution in [0.1, 0.15) is 6.42 Å². The van der Waals surface area contributed by atoms with Gasteiger partial charge in [0.05, 0.1) is 6.42 Å². The Bertz CT molecular complexity index is 227. The molecule has 0 rings (SSSR count). The van der Waals surface area contributed by atoms with E-state index >= 15 is 0 Å². The molecule has 1 N–H and O–H groups in total. The van der Waals surface area contributed by atoms with Crippen molar-refractivity contribution in [3.8, 4) is 0 Å². The van der Waals surface area contributed by atoms with Crippen molar-refractivity contribution in [3.05, 3.63) is 6.08 Å². The van der Waals surface area contributed by atoms with Crippen LogP contribution in [0.25, 0.3) is 0 Å². The number of carbonyl (C=O) groups is 2. The Kier molecular flexibility index (Phi) is 6.13. The molecule has 0 saturated carbocycles. The van der Waals surface area contributed by atoms with Gasteiger partial charge in [-0.15, -0.1) is 0 Å². The summed E-state index contributed by atoms with van der Waals surface area (Å²) < 4.78 is 8.51. The molecular formula is C7H8O6. The normalized spacial score (nSPS) is 8.38. The van der Waals surface area contributed by atoms with Crippen molar-refractivity contribution in [3.63, 3.8) is 0 Å². The van der Waals surface area contributed by atoms with E-state index in [1.165, 1.54) is 5.94 Å². The van der Waals surface area contributed by atoms with Gasteiger partial charge in [0.25, 0.3) is 0 Å². The third kappa shape index (κ3) is 6.74. The van der Waals surface area contributed by atoms with E-state index in [1.807, 2.05) is 0 Å². The van der Waals surface area contributed by atoms with E-state index in [2.05, 4.69) is 9.47 Å². The molecule has 0 aromatic heterocycles. The molecule has 6 nitrogen and oxygen atoms in total. The van der Waals surface area contributed by atoms with E-state index in [4.69, 9.17) is 5.11 Å². The van der Waals surface area contributed by atoms with Crippen molar-refractivity contribution >= 4 is 17.9 Å². The fraction of sp³-hybridized carbons (Fsp3) is 0.429. The number of esters is 2. The molecule has 0 unspecified atom stereocenters. The first kappa shape index (κ1) is 11.4. The van der Waals surface area contributed by atoms with Crippen LogP contribution in [0.2, 0.25) is 0 Å². The van der Waals surface area contributed by atoms with Gasteiger partial charge in [0.1, 0.15) is 12.5 Å². The second-order valence-corrected chi connectivity index (χ2v) is 1.83. The minimum Gasteiger partial charge on any atom is -0.428 e. The highest BCUT2D eigenvalue weighted by atomic mass is 16.7. The van der Waals surface area contributed by atoms with Gasteiger partial charge in [0.15, 0.2) is 0 Å². The van der Waals surface area contributed by atoms with Crippen molar-refractivity contribution in [2.75, 3.05) is 13.4 Å². The molecule has 0 spiro atoms.